The van der Waals surface area contributed by atoms with E-state index in [1.165, 1.54) is 7.05 Å². The first kappa shape index (κ1) is 13.7. The summed E-state index contributed by atoms with van der Waals surface area (Å²) in [6.07, 6.45) is 5.34. The number of nitrogens with zero attached hydrogens (tertiary/aromatic N) is 1. The van der Waals surface area contributed by atoms with Crippen LogP contribution >= 0.6 is 0 Å². The van der Waals surface area contributed by atoms with Crippen molar-refractivity contribution in [1.29, 1.82) is 0 Å². The van der Waals surface area contributed by atoms with Crippen LogP contribution < -0.4 is 0 Å². The van der Waals surface area contributed by atoms with Crippen LogP contribution in [-0.2, 0) is 6.42 Å². The smallest absolute Gasteiger partial charge is 0.293 e. The fraction of sp³-hybridized carbons (Fsp3) is 0.385. The molecule has 1 rings (SSSR count). The van der Waals surface area contributed by atoms with Crippen molar-refractivity contribution in [1.82, 2.24) is 4.90 Å². The van der Waals surface area contributed by atoms with Gasteiger partial charge in [0, 0.05) is 6.04 Å². The van der Waals surface area contributed by atoms with E-state index < -0.39 is 18.6 Å². The van der Waals surface area contributed by atoms with Crippen molar-refractivity contribution in [3.63, 3.8) is 0 Å². The van der Waals surface area contributed by atoms with Crippen molar-refractivity contribution in [2.45, 2.75) is 18.4 Å². The maximum Gasteiger partial charge on any atom is 0.293 e. The van der Waals surface area contributed by atoms with Gasteiger partial charge >= 0.3 is 0 Å². The Morgan fingerprint density at radius 3 is 2.47 bits per heavy atom. The third kappa shape index (κ3) is 3.53. The molecule has 4 heteroatoms. The first-order valence-electron chi connectivity index (χ1n) is 5.26. The van der Waals surface area contributed by atoms with Crippen molar-refractivity contribution in [3.05, 3.63) is 35.9 Å². The largest absolute Gasteiger partial charge is 0.343 e. The van der Waals surface area contributed by atoms with Crippen LogP contribution in [0.2, 0.25) is 0 Å². The van der Waals surface area contributed by atoms with E-state index in [9.17, 15) is 14.6 Å². The molecule has 0 bridgehead atoms. The predicted octanol–water partition coefficient (Wildman–Crippen LogP) is 0.771. The zero-order valence-corrected chi connectivity index (χ0v) is 9.68. The van der Waals surface area contributed by atoms with Gasteiger partial charge in [0.2, 0.25) is 0 Å². The van der Waals surface area contributed by atoms with Crippen LogP contribution in [0.3, 0.4) is 0 Å². The molecule has 1 aromatic carbocycles. The molecule has 3 nitrogen and oxygen atoms in total. The van der Waals surface area contributed by atoms with E-state index in [-0.39, 0.29) is 0 Å². The molecule has 2 N–H and O–H groups in total. The fourth-order valence-electron chi connectivity index (χ4n) is 1.54. The van der Waals surface area contributed by atoms with Gasteiger partial charge in [-0.15, -0.1) is 6.42 Å². The Hall–Kier alpha value is -1.41. The topological polar surface area (TPSA) is 43.7 Å². The van der Waals surface area contributed by atoms with Crippen LogP contribution in [0, 0.1) is 12.3 Å². The van der Waals surface area contributed by atoms with Crippen molar-refractivity contribution >= 4 is 0 Å². The van der Waals surface area contributed by atoms with Gasteiger partial charge in [-0.25, -0.2) is 9.29 Å². The Morgan fingerprint density at radius 1 is 1.41 bits per heavy atom. The van der Waals surface area contributed by atoms with Crippen LogP contribution in [0.5, 0.6) is 0 Å². The summed E-state index contributed by atoms with van der Waals surface area (Å²) in [5.41, 5.74) is 0.912. The molecule has 0 spiro atoms. The third-order valence-electron chi connectivity index (χ3n) is 2.73. The highest BCUT2D eigenvalue weighted by atomic mass is 19.1. The lowest BCUT2D eigenvalue weighted by Gasteiger charge is -2.33. The molecule has 0 aliphatic rings. The number of alkyl halides is 1. The zero-order chi connectivity index (χ0) is 12.9. The summed E-state index contributed by atoms with van der Waals surface area (Å²) < 4.78 is 12.9. The summed E-state index contributed by atoms with van der Waals surface area (Å²) in [7, 11) is 1.38. The average Bonchev–Trinajstić information content (AvgIpc) is 2.36. The molecule has 1 atom stereocenters. The Morgan fingerprint density at radius 2 is 2.00 bits per heavy atom. The quantitative estimate of drug-likeness (QED) is 0.587. The highest BCUT2D eigenvalue weighted by molar-refractivity contribution is 5.16. The predicted molar refractivity (Wildman–Crippen MR) is 63.7 cm³/mol. The van der Waals surface area contributed by atoms with E-state index >= 15 is 0 Å². The number of hydrogen-bond donors (Lipinski definition) is 2. The number of halogens is 1. The number of benzene rings is 1. The normalized spacial score (nSPS) is 13.4. The van der Waals surface area contributed by atoms with E-state index in [0.29, 0.717) is 6.42 Å². The fourth-order valence-corrected chi connectivity index (χ4v) is 1.54. The van der Waals surface area contributed by atoms with E-state index in [4.69, 9.17) is 6.42 Å². The molecule has 0 radical (unpaired) electrons. The first-order chi connectivity index (χ1) is 8.01. The number of terminal acetylenes is 1. The van der Waals surface area contributed by atoms with Gasteiger partial charge in [0.1, 0.15) is 6.67 Å². The number of aliphatic hydroxyl groups is 2. The molecule has 1 unspecified atom stereocenters. The van der Waals surface area contributed by atoms with Gasteiger partial charge in [-0.2, -0.15) is 0 Å². The maximum absolute atomic E-state index is 12.9. The highest BCUT2D eigenvalue weighted by Gasteiger charge is 2.32. The molecule has 0 aliphatic carbocycles. The van der Waals surface area contributed by atoms with Gasteiger partial charge in [0.15, 0.2) is 0 Å². The molecule has 0 amide bonds. The minimum Gasteiger partial charge on any atom is -0.343 e. The van der Waals surface area contributed by atoms with E-state index in [1.807, 2.05) is 36.3 Å². The molecular formula is C13H16FNO2. The van der Waals surface area contributed by atoms with Crippen molar-refractivity contribution in [3.8, 4) is 12.3 Å². The molecule has 92 valence electrons. The second-order valence-electron chi connectivity index (χ2n) is 3.89. The van der Waals surface area contributed by atoms with E-state index in [2.05, 4.69) is 0 Å². The van der Waals surface area contributed by atoms with Crippen LogP contribution in [0.1, 0.15) is 5.56 Å². The average molecular weight is 237 g/mol. The van der Waals surface area contributed by atoms with Crippen molar-refractivity contribution in [2.75, 3.05) is 13.7 Å². The Kier molecular flexibility index (Phi) is 4.64. The van der Waals surface area contributed by atoms with Crippen LogP contribution in [-0.4, -0.2) is 40.8 Å². The minimum atomic E-state index is -2.43. The molecule has 0 heterocycles. The first-order valence-corrected chi connectivity index (χ1v) is 5.26. The molecule has 1 aromatic rings. The summed E-state index contributed by atoms with van der Waals surface area (Å²) in [6, 6.07) is 8.57. The van der Waals surface area contributed by atoms with Gasteiger partial charge in [0.05, 0.1) is 0 Å². The summed E-state index contributed by atoms with van der Waals surface area (Å²) in [5, 5.41) is 18.9. The zero-order valence-electron chi connectivity index (χ0n) is 9.68. The van der Waals surface area contributed by atoms with E-state index in [1.54, 1.807) is 0 Å². The second kappa shape index (κ2) is 5.78. The molecule has 0 fully saturated rings. The molecular weight excluding hydrogens is 221 g/mol. The SMILES string of the molecule is C#CC(O)(O)N(C)C(CF)Cc1ccccc1. The molecule has 0 saturated carbocycles. The lowest BCUT2D eigenvalue weighted by Crippen LogP contribution is -2.52. The lowest BCUT2D eigenvalue weighted by molar-refractivity contribution is -0.223. The van der Waals surface area contributed by atoms with Crippen LogP contribution in [0.25, 0.3) is 0 Å². The summed E-state index contributed by atoms with van der Waals surface area (Å²) in [5.74, 6) is -0.613. The summed E-state index contributed by atoms with van der Waals surface area (Å²) in [6.45, 7) is -0.712. The Bertz CT molecular complexity index is 386. The third-order valence-corrected chi connectivity index (χ3v) is 2.73. The summed E-state index contributed by atoms with van der Waals surface area (Å²) in [4.78, 5) is 1.04. The lowest BCUT2D eigenvalue weighted by atomic mass is 10.1. The maximum atomic E-state index is 12.9. The standard InChI is InChI=1S/C13H16FNO2/c1-3-13(16,17)15(2)12(10-14)9-11-7-5-4-6-8-11/h1,4-8,12,16-17H,9-10H2,2H3. The molecule has 17 heavy (non-hydrogen) atoms. The van der Waals surface area contributed by atoms with Gasteiger partial charge < -0.3 is 10.2 Å². The Balaban J connectivity index is 2.77. The Labute approximate surface area is 100 Å². The van der Waals surface area contributed by atoms with Gasteiger partial charge in [0.25, 0.3) is 5.91 Å². The number of rotatable bonds is 5. The minimum absolute atomic E-state index is 0.360. The molecule has 0 aromatic heterocycles. The summed E-state index contributed by atoms with van der Waals surface area (Å²) >= 11 is 0. The van der Waals surface area contributed by atoms with Crippen LogP contribution in [0.4, 0.5) is 4.39 Å². The molecule has 0 aliphatic heterocycles. The van der Waals surface area contributed by atoms with Crippen LogP contribution in [0.15, 0.2) is 30.3 Å². The van der Waals surface area contributed by atoms with E-state index in [0.717, 1.165) is 10.5 Å². The second-order valence-corrected chi connectivity index (χ2v) is 3.89. The highest BCUT2D eigenvalue weighted by Crippen LogP contribution is 2.14. The monoisotopic (exact) mass is 237 g/mol. The van der Waals surface area contributed by atoms with Crippen molar-refractivity contribution in [2.24, 2.45) is 0 Å². The van der Waals surface area contributed by atoms with Gasteiger partial charge in [-0.1, -0.05) is 30.3 Å². The van der Waals surface area contributed by atoms with Gasteiger partial charge in [-0.05, 0) is 25.0 Å². The number of hydrogen-bond acceptors (Lipinski definition) is 3. The molecule has 0 saturated heterocycles. The van der Waals surface area contributed by atoms with Gasteiger partial charge in [-0.3, -0.25) is 0 Å². The van der Waals surface area contributed by atoms with Crippen molar-refractivity contribution < 1.29 is 14.6 Å². The number of likely N-dealkylation sites (N-methyl/N-ethyl adjacent to an activating group) is 1.